The van der Waals surface area contributed by atoms with Gasteiger partial charge in [0.15, 0.2) is 0 Å². The molecule has 0 saturated heterocycles. The van der Waals surface area contributed by atoms with Gasteiger partial charge in [-0.05, 0) is 42.8 Å². The standard InChI is InChI=1S/C17H20N2O2/c1-12(20)13-6-4-8-15(10-13)18-17(21)14-7-5-9-16(11-14)19(2)3/h4-12,20H,1-3H3,(H,18,21). The summed E-state index contributed by atoms with van der Waals surface area (Å²) in [5, 5.41) is 12.4. The van der Waals surface area contributed by atoms with Crippen LogP contribution in [0.4, 0.5) is 11.4 Å². The molecule has 0 saturated carbocycles. The summed E-state index contributed by atoms with van der Waals surface area (Å²) < 4.78 is 0. The largest absolute Gasteiger partial charge is 0.389 e. The van der Waals surface area contributed by atoms with Crippen molar-refractivity contribution in [2.45, 2.75) is 13.0 Å². The normalized spacial score (nSPS) is 11.8. The molecule has 21 heavy (non-hydrogen) atoms. The van der Waals surface area contributed by atoms with Crippen LogP contribution in [-0.2, 0) is 0 Å². The van der Waals surface area contributed by atoms with Crippen molar-refractivity contribution in [3.8, 4) is 0 Å². The Hall–Kier alpha value is -2.33. The highest BCUT2D eigenvalue weighted by atomic mass is 16.3. The molecule has 110 valence electrons. The quantitative estimate of drug-likeness (QED) is 0.907. The summed E-state index contributed by atoms with van der Waals surface area (Å²) in [5.74, 6) is -0.165. The second-order valence-electron chi connectivity index (χ2n) is 5.20. The van der Waals surface area contributed by atoms with E-state index in [1.807, 2.05) is 49.3 Å². The number of aliphatic hydroxyl groups excluding tert-OH is 1. The molecular formula is C17H20N2O2. The highest BCUT2D eigenvalue weighted by Crippen LogP contribution is 2.19. The highest BCUT2D eigenvalue weighted by Gasteiger charge is 2.09. The van der Waals surface area contributed by atoms with Crippen LogP contribution in [-0.4, -0.2) is 25.1 Å². The first kappa shape index (κ1) is 15.1. The zero-order chi connectivity index (χ0) is 15.4. The Bertz CT molecular complexity index is 636. The second-order valence-corrected chi connectivity index (χ2v) is 5.20. The molecule has 4 heteroatoms. The number of aliphatic hydroxyl groups is 1. The van der Waals surface area contributed by atoms with Gasteiger partial charge in [0, 0.05) is 31.0 Å². The smallest absolute Gasteiger partial charge is 0.255 e. The van der Waals surface area contributed by atoms with Crippen molar-refractivity contribution in [2.75, 3.05) is 24.3 Å². The molecule has 0 aliphatic heterocycles. The molecule has 4 nitrogen and oxygen atoms in total. The minimum atomic E-state index is -0.557. The molecule has 0 radical (unpaired) electrons. The molecule has 1 unspecified atom stereocenters. The van der Waals surface area contributed by atoms with Gasteiger partial charge in [-0.1, -0.05) is 18.2 Å². The molecule has 0 bridgehead atoms. The van der Waals surface area contributed by atoms with Crippen molar-refractivity contribution in [2.24, 2.45) is 0 Å². The molecule has 0 aliphatic rings. The molecule has 1 amide bonds. The van der Waals surface area contributed by atoms with E-state index in [1.165, 1.54) is 0 Å². The van der Waals surface area contributed by atoms with E-state index in [4.69, 9.17) is 0 Å². The van der Waals surface area contributed by atoms with Gasteiger partial charge in [0.1, 0.15) is 0 Å². The molecule has 2 N–H and O–H groups in total. The first-order valence-corrected chi connectivity index (χ1v) is 6.84. The number of carbonyl (C=O) groups is 1. The van der Waals surface area contributed by atoms with Crippen molar-refractivity contribution in [3.63, 3.8) is 0 Å². The van der Waals surface area contributed by atoms with Crippen molar-refractivity contribution < 1.29 is 9.90 Å². The summed E-state index contributed by atoms with van der Waals surface area (Å²) >= 11 is 0. The third-order valence-electron chi connectivity index (χ3n) is 3.25. The summed E-state index contributed by atoms with van der Waals surface area (Å²) in [6, 6.07) is 14.6. The summed E-state index contributed by atoms with van der Waals surface area (Å²) in [5.41, 5.74) is 3.02. The van der Waals surface area contributed by atoms with Gasteiger partial charge in [-0.2, -0.15) is 0 Å². The lowest BCUT2D eigenvalue weighted by Gasteiger charge is -2.14. The van der Waals surface area contributed by atoms with E-state index < -0.39 is 6.10 Å². The van der Waals surface area contributed by atoms with Gasteiger partial charge in [0.25, 0.3) is 5.91 Å². The topological polar surface area (TPSA) is 52.6 Å². The number of hydrogen-bond donors (Lipinski definition) is 2. The van der Waals surface area contributed by atoms with E-state index in [0.29, 0.717) is 11.3 Å². The molecule has 1 atom stereocenters. The van der Waals surface area contributed by atoms with Crippen molar-refractivity contribution in [3.05, 3.63) is 59.7 Å². The number of carbonyl (C=O) groups excluding carboxylic acids is 1. The average molecular weight is 284 g/mol. The van der Waals surface area contributed by atoms with Crippen LogP contribution in [0.2, 0.25) is 0 Å². The third-order valence-corrected chi connectivity index (χ3v) is 3.25. The molecule has 2 aromatic rings. The number of hydrogen-bond acceptors (Lipinski definition) is 3. The lowest BCUT2D eigenvalue weighted by Crippen LogP contribution is -2.14. The molecule has 2 rings (SSSR count). The maximum Gasteiger partial charge on any atom is 0.255 e. The minimum absolute atomic E-state index is 0.165. The summed E-state index contributed by atoms with van der Waals surface area (Å²) in [6.07, 6.45) is -0.557. The predicted molar refractivity (Wildman–Crippen MR) is 85.8 cm³/mol. The first-order valence-electron chi connectivity index (χ1n) is 6.84. The number of benzene rings is 2. The van der Waals surface area contributed by atoms with Crippen molar-refractivity contribution in [1.82, 2.24) is 0 Å². The van der Waals surface area contributed by atoms with Gasteiger partial charge < -0.3 is 15.3 Å². The molecule has 0 aliphatic carbocycles. The maximum atomic E-state index is 12.3. The van der Waals surface area contributed by atoms with Crippen LogP contribution < -0.4 is 10.2 Å². The van der Waals surface area contributed by atoms with E-state index in [9.17, 15) is 9.90 Å². The van der Waals surface area contributed by atoms with Gasteiger partial charge in [-0.3, -0.25) is 4.79 Å². The molecule has 0 heterocycles. The van der Waals surface area contributed by atoms with Crippen molar-refractivity contribution >= 4 is 17.3 Å². The lowest BCUT2D eigenvalue weighted by molar-refractivity contribution is 0.102. The number of nitrogens with one attached hydrogen (secondary N) is 1. The Labute approximate surface area is 125 Å². The SMILES string of the molecule is CC(O)c1cccc(NC(=O)c2cccc(N(C)C)c2)c1. The molecule has 0 spiro atoms. The van der Waals surface area contributed by atoms with E-state index in [0.717, 1.165) is 11.3 Å². The fourth-order valence-electron chi connectivity index (χ4n) is 2.00. The number of anilines is 2. The molecule has 0 fully saturated rings. The van der Waals surface area contributed by atoms with E-state index in [-0.39, 0.29) is 5.91 Å². The van der Waals surface area contributed by atoms with E-state index >= 15 is 0 Å². The zero-order valence-corrected chi connectivity index (χ0v) is 12.5. The van der Waals surface area contributed by atoms with Crippen LogP contribution in [0.25, 0.3) is 0 Å². The van der Waals surface area contributed by atoms with Crippen LogP contribution >= 0.6 is 0 Å². The zero-order valence-electron chi connectivity index (χ0n) is 12.5. The van der Waals surface area contributed by atoms with Crippen LogP contribution in [0.1, 0.15) is 28.9 Å². The summed E-state index contributed by atoms with van der Waals surface area (Å²) in [6.45, 7) is 1.70. The lowest BCUT2D eigenvalue weighted by atomic mass is 10.1. The molecule has 0 aromatic heterocycles. The Morgan fingerprint density at radius 2 is 1.86 bits per heavy atom. The fourth-order valence-corrected chi connectivity index (χ4v) is 2.00. The Balaban J connectivity index is 2.18. The molecular weight excluding hydrogens is 264 g/mol. The van der Waals surface area contributed by atoms with Gasteiger partial charge in [-0.25, -0.2) is 0 Å². The first-order chi connectivity index (χ1) is 9.97. The van der Waals surface area contributed by atoms with Crippen LogP contribution in [0, 0.1) is 0 Å². The highest BCUT2D eigenvalue weighted by molar-refractivity contribution is 6.04. The summed E-state index contributed by atoms with van der Waals surface area (Å²) in [7, 11) is 3.87. The molecule has 2 aromatic carbocycles. The Morgan fingerprint density at radius 1 is 1.14 bits per heavy atom. The number of nitrogens with zero attached hydrogens (tertiary/aromatic N) is 1. The Kier molecular flexibility index (Phi) is 4.60. The second kappa shape index (κ2) is 6.41. The predicted octanol–water partition coefficient (Wildman–Crippen LogP) is 3.06. The average Bonchev–Trinajstić information content (AvgIpc) is 2.47. The van der Waals surface area contributed by atoms with Gasteiger partial charge in [0.05, 0.1) is 6.10 Å². The number of rotatable bonds is 4. The maximum absolute atomic E-state index is 12.3. The number of amides is 1. The van der Waals surface area contributed by atoms with Crippen LogP contribution in [0.15, 0.2) is 48.5 Å². The van der Waals surface area contributed by atoms with E-state index in [2.05, 4.69) is 5.32 Å². The Morgan fingerprint density at radius 3 is 2.52 bits per heavy atom. The third kappa shape index (κ3) is 3.83. The fraction of sp³-hybridized carbons (Fsp3) is 0.235. The van der Waals surface area contributed by atoms with E-state index in [1.54, 1.807) is 25.1 Å². The minimum Gasteiger partial charge on any atom is -0.389 e. The monoisotopic (exact) mass is 284 g/mol. The summed E-state index contributed by atoms with van der Waals surface area (Å²) in [4.78, 5) is 14.2. The van der Waals surface area contributed by atoms with Gasteiger partial charge >= 0.3 is 0 Å². The van der Waals surface area contributed by atoms with Crippen molar-refractivity contribution in [1.29, 1.82) is 0 Å². The van der Waals surface area contributed by atoms with Crippen LogP contribution in [0.5, 0.6) is 0 Å². The van der Waals surface area contributed by atoms with Gasteiger partial charge in [-0.15, -0.1) is 0 Å². The van der Waals surface area contributed by atoms with Gasteiger partial charge in [0.2, 0.25) is 0 Å². The van der Waals surface area contributed by atoms with Crippen LogP contribution in [0.3, 0.4) is 0 Å².